The van der Waals surface area contributed by atoms with E-state index in [2.05, 4.69) is 4.74 Å². The van der Waals surface area contributed by atoms with Gasteiger partial charge < -0.3 is 18.6 Å². The van der Waals surface area contributed by atoms with Gasteiger partial charge in [-0.3, -0.25) is 0 Å². The second kappa shape index (κ2) is 6.73. The van der Waals surface area contributed by atoms with E-state index in [1.807, 2.05) is 6.92 Å². The number of rotatable bonds is 5. The average Bonchev–Trinajstić information content (AvgIpc) is 2.95. The van der Waals surface area contributed by atoms with Crippen LogP contribution in [0, 0.1) is 5.92 Å². The van der Waals surface area contributed by atoms with E-state index in [4.69, 9.17) is 13.9 Å². The Morgan fingerprint density at radius 1 is 1.42 bits per heavy atom. The molecule has 1 saturated heterocycles. The van der Waals surface area contributed by atoms with Crippen molar-refractivity contribution in [3.05, 3.63) is 23.7 Å². The maximum atomic E-state index is 11.3. The highest BCUT2D eigenvalue weighted by Crippen LogP contribution is 2.23. The number of carbonyl (C=O) groups is 1. The van der Waals surface area contributed by atoms with Crippen molar-refractivity contribution in [1.29, 1.82) is 0 Å². The van der Waals surface area contributed by atoms with Crippen molar-refractivity contribution in [3.8, 4) is 0 Å². The third kappa shape index (κ3) is 3.81. The number of hydrogen-bond donors (Lipinski definition) is 0. The predicted octanol–water partition coefficient (Wildman–Crippen LogP) is 2.57. The van der Waals surface area contributed by atoms with Crippen molar-refractivity contribution in [2.75, 3.05) is 26.9 Å². The summed E-state index contributed by atoms with van der Waals surface area (Å²) in [5, 5.41) is 0. The van der Waals surface area contributed by atoms with Crippen molar-refractivity contribution < 1.29 is 23.4 Å². The minimum Gasteiger partial charge on any atom is -0.463 e. The Balaban J connectivity index is 1.83. The molecule has 0 N–H and O–H groups in total. The minimum absolute atomic E-state index is 0.166. The molecule has 1 aliphatic rings. The van der Waals surface area contributed by atoms with Crippen molar-refractivity contribution in [2.24, 2.45) is 5.92 Å². The molecule has 1 aromatic heterocycles. The lowest BCUT2D eigenvalue weighted by atomic mass is 10.0. The van der Waals surface area contributed by atoms with Crippen LogP contribution in [-0.2, 0) is 14.2 Å². The Bertz CT molecular complexity index is 406. The number of furan rings is 1. The van der Waals surface area contributed by atoms with E-state index >= 15 is 0 Å². The van der Waals surface area contributed by atoms with Crippen LogP contribution in [0.25, 0.3) is 0 Å². The summed E-state index contributed by atoms with van der Waals surface area (Å²) in [4.78, 5) is 11.3. The predicted molar refractivity (Wildman–Crippen MR) is 68.0 cm³/mol. The van der Waals surface area contributed by atoms with Gasteiger partial charge in [-0.15, -0.1) is 0 Å². The lowest BCUT2D eigenvalue weighted by molar-refractivity contribution is -0.0125. The van der Waals surface area contributed by atoms with Crippen LogP contribution in [0.2, 0.25) is 0 Å². The molecule has 0 amide bonds. The number of carbonyl (C=O) groups excluding carboxylic acids is 1. The molecule has 5 heteroatoms. The lowest BCUT2D eigenvalue weighted by Gasteiger charge is -2.23. The van der Waals surface area contributed by atoms with Gasteiger partial charge in [0.2, 0.25) is 5.76 Å². The lowest BCUT2D eigenvalue weighted by Crippen LogP contribution is -2.20. The van der Waals surface area contributed by atoms with Gasteiger partial charge in [-0.2, -0.15) is 0 Å². The molecule has 106 valence electrons. The van der Waals surface area contributed by atoms with Crippen molar-refractivity contribution in [1.82, 2.24) is 0 Å². The number of methoxy groups -OCH3 is 1. The van der Waals surface area contributed by atoms with Crippen LogP contribution < -0.4 is 0 Å². The molecule has 1 unspecified atom stereocenters. The third-order valence-corrected chi connectivity index (χ3v) is 3.34. The summed E-state index contributed by atoms with van der Waals surface area (Å²) in [7, 11) is 1.33. The molecule has 1 aliphatic heterocycles. The fraction of sp³-hybridized carbons (Fsp3) is 0.643. The van der Waals surface area contributed by atoms with Gasteiger partial charge in [-0.05, 0) is 37.8 Å². The summed E-state index contributed by atoms with van der Waals surface area (Å²) in [6.45, 7) is 4.24. The van der Waals surface area contributed by atoms with Gasteiger partial charge in [0.05, 0.1) is 13.7 Å². The molecule has 1 aromatic rings. The molecule has 0 aromatic carbocycles. The molecule has 2 rings (SSSR count). The summed E-state index contributed by atoms with van der Waals surface area (Å²) < 4.78 is 21.1. The largest absolute Gasteiger partial charge is 0.463 e. The Labute approximate surface area is 112 Å². The molecular formula is C14H20O5. The normalized spacial score (nSPS) is 18.2. The quantitative estimate of drug-likeness (QED) is 0.768. The highest BCUT2D eigenvalue weighted by atomic mass is 16.5. The fourth-order valence-corrected chi connectivity index (χ4v) is 2.06. The van der Waals surface area contributed by atoms with Crippen molar-refractivity contribution in [2.45, 2.75) is 25.9 Å². The molecule has 1 atom stereocenters. The van der Waals surface area contributed by atoms with E-state index in [9.17, 15) is 4.79 Å². The Morgan fingerprint density at radius 2 is 2.16 bits per heavy atom. The summed E-state index contributed by atoms with van der Waals surface area (Å²) in [6.07, 6.45) is 1.91. The van der Waals surface area contributed by atoms with Gasteiger partial charge in [0.1, 0.15) is 11.9 Å². The first-order valence-electron chi connectivity index (χ1n) is 6.58. The number of ether oxygens (including phenoxy) is 3. The highest BCUT2D eigenvalue weighted by Gasteiger charge is 2.19. The molecule has 0 bridgehead atoms. The Kier molecular flexibility index (Phi) is 4.99. The van der Waals surface area contributed by atoms with E-state index in [1.54, 1.807) is 12.1 Å². The van der Waals surface area contributed by atoms with Gasteiger partial charge in [-0.1, -0.05) is 0 Å². The molecule has 0 aliphatic carbocycles. The molecule has 2 heterocycles. The standard InChI is InChI=1S/C14H20O5/c1-10(18-9-11-5-7-17-8-6-11)12-3-4-13(19-12)14(15)16-2/h3-4,10-11H,5-9H2,1-2H3. The van der Waals surface area contributed by atoms with Crippen LogP contribution in [0.1, 0.15) is 42.2 Å². The zero-order chi connectivity index (χ0) is 13.7. The molecule has 1 fully saturated rings. The van der Waals surface area contributed by atoms with E-state index in [0.717, 1.165) is 26.1 Å². The van der Waals surface area contributed by atoms with Crippen LogP contribution >= 0.6 is 0 Å². The molecular weight excluding hydrogens is 248 g/mol. The fourth-order valence-electron chi connectivity index (χ4n) is 2.06. The molecule has 19 heavy (non-hydrogen) atoms. The second-order valence-corrected chi connectivity index (χ2v) is 4.72. The maximum Gasteiger partial charge on any atom is 0.373 e. The zero-order valence-corrected chi connectivity index (χ0v) is 11.4. The summed E-state index contributed by atoms with van der Waals surface area (Å²) >= 11 is 0. The van der Waals surface area contributed by atoms with Crippen LogP contribution in [-0.4, -0.2) is 32.9 Å². The number of hydrogen-bond acceptors (Lipinski definition) is 5. The zero-order valence-electron chi connectivity index (χ0n) is 11.4. The van der Waals surface area contributed by atoms with E-state index in [-0.39, 0.29) is 11.9 Å². The summed E-state index contributed by atoms with van der Waals surface area (Å²) in [6, 6.07) is 3.36. The monoisotopic (exact) mass is 268 g/mol. The first kappa shape index (κ1) is 14.1. The van der Waals surface area contributed by atoms with E-state index in [1.165, 1.54) is 7.11 Å². The Hall–Kier alpha value is -1.33. The minimum atomic E-state index is -0.470. The second-order valence-electron chi connectivity index (χ2n) is 4.72. The first-order chi connectivity index (χ1) is 9.20. The first-order valence-corrected chi connectivity index (χ1v) is 6.58. The summed E-state index contributed by atoms with van der Waals surface area (Å²) in [5.74, 6) is 0.931. The summed E-state index contributed by atoms with van der Waals surface area (Å²) in [5.41, 5.74) is 0. The highest BCUT2D eigenvalue weighted by molar-refractivity contribution is 5.86. The van der Waals surface area contributed by atoms with Gasteiger partial charge in [-0.25, -0.2) is 4.79 Å². The smallest absolute Gasteiger partial charge is 0.373 e. The van der Waals surface area contributed by atoms with Gasteiger partial charge in [0.25, 0.3) is 0 Å². The van der Waals surface area contributed by atoms with Crippen molar-refractivity contribution in [3.63, 3.8) is 0 Å². The Morgan fingerprint density at radius 3 is 2.84 bits per heavy atom. The van der Waals surface area contributed by atoms with Gasteiger partial charge in [0.15, 0.2) is 0 Å². The van der Waals surface area contributed by atoms with Crippen molar-refractivity contribution >= 4 is 5.97 Å². The molecule has 0 radical (unpaired) electrons. The molecule has 5 nitrogen and oxygen atoms in total. The van der Waals surface area contributed by atoms with Crippen LogP contribution in [0.5, 0.6) is 0 Å². The van der Waals surface area contributed by atoms with E-state index < -0.39 is 5.97 Å². The van der Waals surface area contributed by atoms with Gasteiger partial charge >= 0.3 is 5.97 Å². The van der Waals surface area contributed by atoms with Gasteiger partial charge in [0, 0.05) is 13.2 Å². The maximum absolute atomic E-state index is 11.3. The van der Waals surface area contributed by atoms with Crippen LogP contribution in [0.3, 0.4) is 0 Å². The van der Waals surface area contributed by atoms with Crippen LogP contribution in [0.15, 0.2) is 16.5 Å². The topological polar surface area (TPSA) is 57.9 Å². The molecule has 0 saturated carbocycles. The average molecular weight is 268 g/mol. The van der Waals surface area contributed by atoms with E-state index in [0.29, 0.717) is 18.3 Å². The third-order valence-electron chi connectivity index (χ3n) is 3.34. The number of esters is 1. The SMILES string of the molecule is COC(=O)c1ccc(C(C)OCC2CCOCC2)o1. The molecule has 0 spiro atoms. The van der Waals surface area contributed by atoms with Crippen LogP contribution in [0.4, 0.5) is 0 Å².